The smallest absolute Gasteiger partial charge is 0.325 e. The average Bonchev–Trinajstić information content (AvgIpc) is 2.90. The van der Waals surface area contributed by atoms with Gasteiger partial charge in [0.15, 0.2) is 0 Å². The van der Waals surface area contributed by atoms with Crippen LogP contribution in [0.3, 0.4) is 0 Å². The molecule has 7 nitrogen and oxygen atoms in total. The molecule has 0 aromatic heterocycles. The van der Waals surface area contributed by atoms with Crippen molar-refractivity contribution in [1.29, 1.82) is 0 Å². The number of likely N-dealkylation sites (tertiary alicyclic amines) is 1. The summed E-state index contributed by atoms with van der Waals surface area (Å²) < 4.78 is 0. The second-order valence-electron chi connectivity index (χ2n) is 6.40. The highest BCUT2D eigenvalue weighted by molar-refractivity contribution is 6.06. The summed E-state index contributed by atoms with van der Waals surface area (Å²) in [6.45, 7) is 6.19. The molecule has 3 amide bonds. The summed E-state index contributed by atoms with van der Waals surface area (Å²) in [5.41, 5.74) is -0.813. The lowest BCUT2D eigenvalue weighted by Crippen LogP contribution is -2.41. The Balaban J connectivity index is 1.76. The number of carboxylic acids is 1. The van der Waals surface area contributed by atoms with E-state index >= 15 is 0 Å². The van der Waals surface area contributed by atoms with Crippen molar-refractivity contribution in [2.24, 2.45) is 5.92 Å². The zero-order valence-corrected chi connectivity index (χ0v) is 12.6. The van der Waals surface area contributed by atoms with E-state index in [0.717, 1.165) is 19.5 Å². The molecule has 2 heterocycles. The van der Waals surface area contributed by atoms with Crippen LogP contribution in [0.5, 0.6) is 0 Å². The van der Waals surface area contributed by atoms with Crippen molar-refractivity contribution < 1.29 is 19.5 Å². The predicted molar refractivity (Wildman–Crippen MR) is 75.7 cm³/mol. The van der Waals surface area contributed by atoms with Crippen molar-refractivity contribution in [2.45, 2.75) is 38.6 Å². The number of nitrogens with one attached hydrogen (secondary N) is 1. The first-order chi connectivity index (χ1) is 9.79. The molecule has 2 aliphatic heterocycles. The first kappa shape index (κ1) is 15.8. The molecule has 0 aliphatic carbocycles. The highest BCUT2D eigenvalue weighted by atomic mass is 16.4. The number of rotatable bonds is 6. The molecule has 2 N–H and O–H groups in total. The van der Waals surface area contributed by atoms with Crippen molar-refractivity contribution in [2.75, 3.05) is 26.2 Å². The molecule has 1 unspecified atom stereocenters. The van der Waals surface area contributed by atoms with Crippen LogP contribution in [-0.2, 0) is 9.59 Å². The Bertz CT molecular complexity index is 450. The fraction of sp³-hybridized carbons (Fsp3) is 0.786. The van der Waals surface area contributed by atoms with Crippen LogP contribution in [0.1, 0.15) is 33.1 Å². The molecule has 7 heteroatoms. The minimum atomic E-state index is -0.813. The number of carbonyl (C=O) groups excluding carboxylic acids is 2. The van der Waals surface area contributed by atoms with Crippen LogP contribution in [0.4, 0.5) is 4.79 Å². The van der Waals surface area contributed by atoms with Crippen LogP contribution in [-0.4, -0.2) is 64.5 Å². The Morgan fingerprint density at radius 3 is 2.67 bits per heavy atom. The highest BCUT2D eigenvalue weighted by Gasteiger charge is 2.44. The fourth-order valence-electron chi connectivity index (χ4n) is 2.94. The third-order valence-electron chi connectivity index (χ3n) is 4.22. The predicted octanol–water partition coefficient (Wildman–Crippen LogP) is 0.503. The first-order valence-electron chi connectivity index (χ1n) is 7.38. The Kier molecular flexibility index (Phi) is 4.51. The SMILES string of the molecule is CC1(C)NC(=O)N(CCN2CCC(CCC(=O)O)C2)C1=O. The van der Waals surface area contributed by atoms with Crippen molar-refractivity contribution >= 4 is 17.9 Å². The number of aliphatic carboxylic acids is 1. The van der Waals surface area contributed by atoms with Crippen molar-refractivity contribution in [3.05, 3.63) is 0 Å². The second kappa shape index (κ2) is 6.01. The lowest BCUT2D eigenvalue weighted by molar-refractivity contribution is -0.137. The van der Waals surface area contributed by atoms with Gasteiger partial charge in [-0.15, -0.1) is 0 Å². The molecule has 2 fully saturated rings. The summed E-state index contributed by atoms with van der Waals surface area (Å²) in [4.78, 5) is 37.8. The molecule has 2 saturated heterocycles. The molecule has 0 aromatic carbocycles. The molecular weight excluding hydrogens is 274 g/mol. The number of carboxylic acid groups (broad SMARTS) is 1. The van der Waals surface area contributed by atoms with E-state index in [1.165, 1.54) is 4.90 Å². The van der Waals surface area contributed by atoms with Crippen molar-refractivity contribution in [3.63, 3.8) is 0 Å². The minimum Gasteiger partial charge on any atom is -0.481 e. The number of hydrogen-bond acceptors (Lipinski definition) is 4. The minimum absolute atomic E-state index is 0.186. The maximum absolute atomic E-state index is 12.0. The lowest BCUT2D eigenvalue weighted by atomic mass is 10.0. The largest absolute Gasteiger partial charge is 0.481 e. The summed E-state index contributed by atoms with van der Waals surface area (Å²) in [6.07, 6.45) is 1.89. The summed E-state index contributed by atoms with van der Waals surface area (Å²) in [5, 5.41) is 11.4. The van der Waals surface area contributed by atoms with Crippen LogP contribution in [0.25, 0.3) is 0 Å². The van der Waals surface area contributed by atoms with Crippen LogP contribution in [0.2, 0.25) is 0 Å². The molecule has 118 valence electrons. The van der Waals surface area contributed by atoms with Gasteiger partial charge in [-0.05, 0) is 39.2 Å². The number of nitrogens with zero attached hydrogens (tertiary/aromatic N) is 2. The first-order valence-corrected chi connectivity index (χ1v) is 7.38. The van der Waals surface area contributed by atoms with Crippen molar-refractivity contribution in [1.82, 2.24) is 15.1 Å². The van der Waals surface area contributed by atoms with E-state index in [0.29, 0.717) is 25.4 Å². The summed E-state index contributed by atoms with van der Waals surface area (Å²) >= 11 is 0. The van der Waals surface area contributed by atoms with Gasteiger partial charge in [0.2, 0.25) is 0 Å². The normalized spacial score (nSPS) is 25.4. The van der Waals surface area contributed by atoms with Crippen molar-refractivity contribution in [3.8, 4) is 0 Å². The van der Waals surface area contributed by atoms with E-state index in [1.54, 1.807) is 13.8 Å². The standard InChI is InChI=1S/C14H23N3O4/c1-14(2)12(20)17(13(21)15-14)8-7-16-6-5-10(9-16)3-4-11(18)19/h10H,3-9H2,1-2H3,(H,15,21)(H,18,19). The molecule has 2 rings (SSSR count). The van der Waals surface area contributed by atoms with Gasteiger partial charge in [-0.1, -0.05) is 0 Å². The van der Waals surface area contributed by atoms with Crippen LogP contribution in [0, 0.1) is 5.92 Å². The molecule has 2 aliphatic rings. The van der Waals surface area contributed by atoms with E-state index in [1.807, 2.05) is 0 Å². The molecule has 0 aromatic rings. The Morgan fingerprint density at radius 2 is 2.10 bits per heavy atom. The van der Waals surface area contributed by atoms with Crippen LogP contribution in [0.15, 0.2) is 0 Å². The van der Waals surface area contributed by atoms with Gasteiger partial charge in [0, 0.05) is 26.1 Å². The van der Waals surface area contributed by atoms with E-state index in [4.69, 9.17) is 5.11 Å². The molecule has 0 saturated carbocycles. The number of hydrogen-bond donors (Lipinski definition) is 2. The quantitative estimate of drug-likeness (QED) is 0.697. The topological polar surface area (TPSA) is 90.0 Å². The summed E-state index contributed by atoms with van der Waals surface area (Å²) in [6, 6.07) is -0.327. The third kappa shape index (κ3) is 3.72. The second-order valence-corrected chi connectivity index (χ2v) is 6.40. The molecular formula is C14H23N3O4. The van der Waals surface area contributed by atoms with Gasteiger partial charge < -0.3 is 15.3 Å². The highest BCUT2D eigenvalue weighted by Crippen LogP contribution is 2.21. The van der Waals surface area contributed by atoms with Gasteiger partial charge in [0.1, 0.15) is 5.54 Å². The molecule has 1 atom stereocenters. The molecule has 0 radical (unpaired) electrons. The summed E-state index contributed by atoms with van der Waals surface area (Å²) in [5.74, 6) is -0.537. The van der Waals surface area contributed by atoms with Crippen LogP contribution < -0.4 is 5.32 Å². The van der Waals surface area contributed by atoms with Gasteiger partial charge in [0.25, 0.3) is 5.91 Å². The monoisotopic (exact) mass is 297 g/mol. The number of carbonyl (C=O) groups is 3. The Labute approximate surface area is 124 Å². The zero-order valence-electron chi connectivity index (χ0n) is 12.6. The van der Waals surface area contributed by atoms with Gasteiger partial charge in [0.05, 0.1) is 0 Å². The van der Waals surface area contributed by atoms with E-state index in [9.17, 15) is 14.4 Å². The summed E-state index contributed by atoms with van der Waals surface area (Å²) in [7, 11) is 0. The lowest BCUT2D eigenvalue weighted by Gasteiger charge is -2.20. The molecule has 21 heavy (non-hydrogen) atoms. The van der Waals surface area contributed by atoms with Gasteiger partial charge in [-0.3, -0.25) is 14.5 Å². The van der Waals surface area contributed by atoms with Gasteiger partial charge in [-0.2, -0.15) is 0 Å². The maximum atomic E-state index is 12.0. The fourth-order valence-corrected chi connectivity index (χ4v) is 2.94. The average molecular weight is 297 g/mol. The van der Waals surface area contributed by atoms with E-state index in [2.05, 4.69) is 10.2 Å². The van der Waals surface area contributed by atoms with Gasteiger partial charge >= 0.3 is 12.0 Å². The van der Waals surface area contributed by atoms with E-state index < -0.39 is 11.5 Å². The molecule has 0 bridgehead atoms. The third-order valence-corrected chi connectivity index (χ3v) is 4.22. The van der Waals surface area contributed by atoms with Gasteiger partial charge in [-0.25, -0.2) is 4.79 Å². The zero-order chi connectivity index (χ0) is 15.6. The Morgan fingerprint density at radius 1 is 1.38 bits per heavy atom. The number of urea groups is 1. The number of imide groups is 1. The molecule has 0 spiro atoms. The number of amides is 3. The van der Waals surface area contributed by atoms with E-state index in [-0.39, 0.29) is 18.4 Å². The maximum Gasteiger partial charge on any atom is 0.325 e. The van der Waals surface area contributed by atoms with Crippen LogP contribution >= 0.6 is 0 Å². The Hall–Kier alpha value is -1.63.